The van der Waals surface area contributed by atoms with Gasteiger partial charge in [0.1, 0.15) is 9.60 Å². The van der Waals surface area contributed by atoms with Crippen LogP contribution in [-0.4, -0.2) is 24.5 Å². The fourth-order valence-electron chi connectivity index (χ4n) is 2.25. The molecule has 0 amide bonds. The van der Waals surface area contributed by atoms with Crippen molar-refractivity contribution in [3.8, 4) is 0 Å². The molecule has 0 aliphatic heterocycles. The highest BCUT2D eigenvalue weighted by atomic mass is 35.5. The highest BCUT2D eigenvalue weighted by molar-refractivity contribution is 7.89. The summed E-state index contributed by atoms with van der Waals surface area (Å²) in [7, 11) is -3.82. The predicted octanol–water partition coefficient (Wildman–Crippen LogP) is 3.05. The third kappa shape index (κ3) is 3.73. The Morgan fingerprint density at radius 1 is 1.28 bits per heavy atom. The zero-order valence-electron chi connectivity index (χ0n) is 13.0. The monoisotopic (exact) mass is 417 g/mol. The van der Waals surface area contributed by atoms with Crippen LogP contribution in [0.25, 0.3) is 10.2 Å². The molecule has 2 heterocycles. The van der Waals surface area contributed by atoms with E-state index >= 15 is 0 Å². The minimum atomic E-state index is -3.82. The van der Waals surface area contributed by atoms with E-state index in [4.69, 9.17) is 23.2 Å². The van der Waals surface area contributed by atoms with Gasteiger partial charge >= 0.3 is 0 Å². The minimum absolute atomic E-state index is 0.0266. The Hall–Kier alpha value is -1.45. The van der Waals surface area contributed by atoms with Crippen LogP contribution in [0.5, 0.6) is 0 Å². The van der Waals surface area contributed by atoms with Crippen LogP contribution in [0.4, 0.5) is 0 Å². The second kappa shape index (κ2) is 7.05. The number of aryl methyl sites for hydroxylation is 1. The third-order valence-electron chi connectivity index (χ3n) is 3.58. The van der Waals surface area contributed by atoms with Crippen molar-refractivity contribution in [3.05, 3.63) is 55.9 Å². The fraction of sp³-hybridized carbons (Fsp3) is 0.200. The number of sulfonamides is 1. The van der Waals surface area contributed by atoms with Crippen LogP contribution >= 0.6 is 34.5 Å². The second-order valence-electron chi connectivity index (χ2n) is 5.31. The van der Waals surface area contributed by atoms with Crippen LogP contribution in [-0.2, 0) is 16.6 Å². The Morgan fingerprint density at radius 2 is 2.04 bits per heavy atom. The standard InChI is InChI=1S/C15H13Cl2N3O3S2/c1-9-6-13(11(17)7-10(9)16)25(22,23)19-3-4-20-8-18-12-2-5-24-14(12)15(20)21/h2,5-8,19H,3-4H2,1H3. The molecular weight excluding hydrogens is 405 g/mol. The van der Waals surface area contributed by atoms with Crippen LogP contribution in [0.3, 0.4) is 0 Å². The molecule has 1 N–H and O–H groups in total. The summed E-state index contributed by atoms with van der Waals surface area (Å²) in [6, 6.07) is 4.57. The average Bonchev–Trinajstić information content (AvgIpc) is 3.02. The Kier molecular flexibility index (Phi) is 5.17. The van der Waals surface area contributed by atoms with Crippen molar-refractivity contribution in [2.45, 2.75) is 18.4 Å². The van der Waals surface area contributed by atoms with Gasteiger partial charge in [-0.05, 0) is 36.1 Å². The van der Waals surface area contributed by atoms with Crippen molar-refractivity contribution in [1.82, 2.24) is 14.3 Å². The molecule has 6 nitrogen and oxygen atoms in total. The molecule has 3 aromatic rings. The molecule has 0 aliphatic rings. The first-order chi connectivity index (χ1) is 11.8. The van der Waals surface area contributed by atoms with Crippen molar-refractivity contribution in [2.75, 3.05) is 6.54 Å². The van der Waals surface area contributed by atoms with Gasteiger partial charge in [-0.1, -0.05) is 23.2 Å². The number of hydrogen-bond acceptors (Lipinski definition) is 5. The molecule has 0 spiro atoms. The van der Waals surface area contributed by atoms with Gasteiger partial charge in [0.15, 0.2) is 0 Å². The Bertz CT molecular complexity index is 1110. The van der Waals surface area contributed by atoms with E-state index in [2.05, 4.69) is 9.71 Å². The lowest BCUT2D eigenvalue weighted by molar-refractivity contribution is 0.569. The van der Waals surface area contributed by atoms with E-state index in [1.165, 1.54) is 34.4 Å². The molecule has 0 aliphatic carbocycles. The average molecular weight is 418 g/mol. The van der Waals surface area contributed by atoms with Gasteiger partial charge in [-0.2, -0.15) is 0 Å². The number of rotatable bonds is 5. The van der Waals surface area contributed by atoms with E-state index in [1.807, 2.05) is 0 Å². The van der Waals surface area contributed by atoms with Gasteiger partial charge in [0.25, 0.3) is 5.56 Å². The summed E-state index contributed by atoms with van der Waals surface area (Å²) in [5, 5.41) is 2.23. The van der Waals surface area contributed by atoms with Crippen LogP contribution < -0.4 is 10.3 Å². The molecule has 132 valence electrons. The quantitative estimate of drug-likeness (QED) is 0.691. The van der Waals surface area contributed by atoms with Crippen molar-refractivity contribution >= 4 is 54.8 Å². The second-order valence-corrected chi connectivity index (χ2v) is 8.77. The summed E-state index contributed by atoms with van der Waals surface area (Å²) >= 11 is 13.2. The lowest BCUT2D eigenvalue weighted by atomic mass is 10.2. The number of hydrogen-bond donors (Lipinski definition) is 1. The number of halogens is 2. The molecule has 2 aromatic heterocycles. The topological polar surface area (TPSA) is 81.1 Å². The highest BCUT2D eigenvalue weighted by Crippen LogP contribution is 2.27. The molecule has 0 saturated heterocycles. The third-order valence-corrected chi connectivity index (χ3v) is 6.81. The Morgan fingerprint density at radius 3 is 2.80 bits per heavy atom. The lowest BCUT2D eigenvalue weighted by Crippen LogP contribution is -2.31. The van der Waals surface area contributed by atoms with Gasteiger partial charge in [-0.3, -0.25) is 9.36 Å². The maximum atomic E-state index is 12.4. The minimum Gasteiger partial charge on any atom is -0.297 e. The van der Waals surface area contributed by atoms with Crippen LogP contribution in [0, 0.1) is 6.92 Å². The number of thiophene rings is 1. The predicted molar refractivity (Wildman–Crippen MR) is 100 cm³/mol. The van der Waals surface area contributed by atoms with Crippen molar-refractivity contribution in [3.63, 3.8) is 0 Å². The van der Waals surface area contributed by atoms with Crippen LogP contribution in [0.2, 0.25) is 10.0 Å². The fourth-order valence-corrected chi connectivity index (χ4v) is 4.90. The first-order valence-corrected chi connectivity index (χ1v) is 10.3. The molecule has 0 saturated carbocycles. The van der Waals surface area contributed by atoms with E-state index in [0.717, 1.165) is 0 Å². The molecule has 0 radical (unpaired) electrons. The maximum Gasteiger partial charge on any atom is 0.271 e. The summed E-state index contributed by atoms with van der Waals surface area (Å²) in [6.07, 6.45) is 1.41. The zero-order chi connectivity index (χ0) is 18.2. The summed E-state index contributed by atoms with van der Waals surface area (Å²) < 4.78 is 29.2. The molecule has 0 atom stereocenters. The van der Waals surface area contributed by atoms with E-state index in [1.54, 1.807) is 18.4 Å². The molecule has 1 aromatic carbocycles. The molecule has 10 heteroatoms. The van der Waals surface area contributed by atoms with Gasteiger partial charge < -0.3 is 0 Å². The smallest absolute Gasteiger partial charge is 0.271 e. The van der Waals surface area contributed by atoms with Crippen molar-refractivity contribution in [1.29, 1.82) is 0 Å². The molecule has 0 unspecified atom stereocenters. The molecule has 0 bridgehead atoms. The van der Waals surface area contributed by atoms with Crippen LogP contribution in [0.15, 0.2) is 39.6 Å². The van der Waals surface area contributed by atoms with E-state index in [0.29, 0.717) is 20.8 Å². The summed E-state index contributed by atoms with van der Waals surface area (Å²) in [4.78, 5) is 16.4. The van der Waals surface area contributed by atoms with Crippen molar-refractivity contribution < 1.29 is 8.42 Å². The number of aromatic nitrogens is 2. The molecule has 25 heavy (non-hydrogen) atoms. The van der Waals surface area contributed by atoms with E-state index in [9.17, 15) is 13.2 Å². The molecule has 3 rings (SSSR count). The zero-order valence-corrected chi connectivity index (χ0v) is 16.1. The summed E-state index contributed by atoms with van der Waals surface area (Å²) in [5.41, 5.74) is 1.05. The van der Waals surface area contributed by atoms with Gasteiger partial charge in [0.05, 0.1) is 16.9 Å². The molecular formula is C15H13Cl2N3O3S2. The number of nitrogens with one attached hydrogen (secondary N) is 1. The largest absolute Gasteiger partial charge is 0.297 e. The Labute approximate surface area is 158 Å². The van der Waals surface area contributed by atoms with Crippen LogP contribution in [0.1, 0.15) is 5.56 Å². The van der Waals surface area contributed by atoms with Gasteiger partial charge in [-0.15, -0.1) is 11.3 Å². The normalized spacial score (nSPS) is 12.0. The summed E-state index contributed by atoms with van der Waals surface area (Å²) in [5.74, 6) is 0. The first-order valence-electron chi connectivity index (χ1n) is 7.17. The first kappa shape index (κ1) is 18.3. The van der Waals surface area contributed by atoms with E-state index in [-0.39, 0.29) is 28.6 Å². The van der Waals surface area contributed by atoms with Gasteiger partial charge in [0, 0.05) is 18.1 Å². The SMILES string of the molecule is Cc1cc(S(=O)(=O)NCCn2cnc3ccsc3c2=O)c(Cl)cc1Cl. The van der Waals surface area contributed by atoms with Crippen molar-refractivity contribution in [2.24, 2.45) is 0 Å². The molecule has 0 fully saturated rings. The van der Waals surface area contributed by atoms with Gasteiger partial charge in [-0.25, -0.2) is 18.1 Å². The number of benzene rings is 1. The highest BCUT2D eigenvalue weighted by Gasteiger charge is 2.19. The van der Waals surface area contributed by atoms with Gasteiger partial charge in [0.2, 0.25) is 10.0 Å². The lowest BCUT2D eigenvalue weighted by Gasteiger charge is -2.11. The summed E-state index contributed by atoms with van der Waals surface area (Å²) in [6.45, 7) is 1.88. The van der Waals surface area contributed by atoms with E-state index < -0.39 is 10.0 Å². The Balaban J connectivity index is 1.77. The number of fused-ring (bicyclic) bond motifs is 1. The maximum absolute atomic E-state index is 12.4. The number of nitrogens with zero attached hydrogens (tertiary/aromatic N) is 2.